The van der Waals surface area contributed by atoms with Crippen molar-refractivity contribution in [3.05, 3.63) is 29.8 Å². The molecule has 0 fully saturated rings. The number of carbonyl (C=O) groups is 2. The molecule has 0 aliphatic heterocycles. The van der Waals surface area contributed by atoms with Crippen LogP contribution in [0.1, 0.15) is 24.2 Å². The van der Waals surface area contributed by atoms with Gasteiger partial charge in [-0.3, -0.25) is 9.59 Å². The number of carbonyl (C=O) groups excluding carboxylic acids is 2. The molecule has 1 N–H and O–H groups in total. The zero-order valence-electron chi connectivity index (χ0n) is 10.7. The van der Waals surface area contributed by atoms with Crippen molar-refractivity contribution in [1.82, 2.24) is 4.90 Å². The van der Waals surface area contributed by atoms with E-state index in [0.717, 1.165) is 0 Å². The number of nitrogens with one attached hydrogen (secondary N) is 1. The predicted molar refractivity (Wildman–Crippen MR) is 67.9 cm³/mol. The van der Waals surface area contributed by atoms with Crippen LogP contribution in [-0.4, -0.2) is 30.8 Å². The Labute approximate surface area is 102 Å². The smallest absolute Gasteiger partial charge is 0.253 e. The first-order valence-corrected chi connectivity index (χ1v) is 5.54. The van der Waals surface area contributed by atoms with E-state index in [4.69, 9.17) is 0 Å². The molecule has 0 radical (unpaired) electrons. The van der Waals surface area contributed by atoms with Gasteiger partial charge in [-0.15, -0.1) is 0 Å². The number of amides is 2. The maximum atomic E-state index is 11.6. The molecule has 0 bridgehead atoms. The van der Waals surface area contributed by atoms with Gasteiger partial charge in [0.15, 0.2) is 0 Å². The molecule has 4 nitrogen and oxygen atoms in total. The van der Waals surface area contributed by atoms with Gasteiger partial charge in [-0.05, 0) is 24.3 Å². The molecule has 0 saturated carbocycles. The number of hydrogen-bond donors (Lipinski definition) is 1. The van der Waals surface area contributed by atoms with Gasteiger partial charge >= 0.3 is 0 Å². The lowest BCUT2D eigenvalue weighted by atomic mass is 10.1. The molecule has 1 aromatic carbocycles. The number of hydrogen-bond acceptors (Lipinski definition) is 2. The van der Waals surface area contributed by atoms with Crippen molar-refractivity contribution in [3.63, 3.8) is 0 Å². The molecule has 0 aliphatic carbocycles. The molecular formula is C13H18N2O2. The van der Waals surface area contributed by atoms with Gasteiger partial charge in [0, 0.05) is 31.3 Å². The van der Waals surface area contributed by atoms with E-state index in [1.54, 1.807) is 38.4 Å². The molecule has 2 amide bonds. The first kappa shape index (κ1) is 13.2. The molecular weight excluding hydrogens is 216 g/mol. The van der Waals surface area contributed by atoms with Gasteiger partial charge in [0.1, 0.15) is 0 Å². The van der Waals surface area contributed by atoms with Gasteiger partial charge in [0.2, 0.25) is 5.91 Å². The molecule has 92 valence electrons. The van der Waals surface area contributed by atoms with Crippen LogP contribution in [0.2, 0.25) is 0 Å². The Hall–Kier alpha value is -1.84. The van der Waals surface area contributed by atoms with Gasteiger partial charge in [-0.1, -0.05) is 13.8 Å². The van der Waals surface area contributed by atoms with Crippen molar-refractivity contribution >= 4 is 17.5 Å². The summed E-state index contributed by atoms with van der Waals surface area (Å²) >= 11 is 0. The Kier molecular flexibility index (Phi) is 4.26. The van der Waals surface area contributed by atoms with Gasteiger partial charge < -0.3 is 10.2 Å². The fraction of sp³-hybridized carbons (Fsp3) is 0.385. The third-order valence-electron chi connectivity index (χ3n) is 2.33. The van der Waals surface area contributed by atoms with E-state index in [9.17, 15) is 9.59 Å². The molecule has 0 aromatic heterocycles. The van der Waals surface area contributed by atoms with E-state index in [0.29, 0.717) is 11.3 Å². The Morgan fingerprint density at radius 2 is 1.65 bits per heavy atom. The van der Waals surface area contributed by atoms with Crippen LogP contribution in [0, 0.1) is 5.92 Å². The summed E-state index contributed by atoms with van der Waals surface area (Å²) in [5.74, 6) is -0.137. The first-order valence-electron chi connectivity index (χ1n) is 5.54. The van der Waals surface area contributed by atoms with E-state index in [2.05, 4.69) is 5.32 Å². The Balaban J connectivity index is 2.75. The van der Waals surface area contributed by atoms with Crippen molar-refractivity contribution in [2.24, 2.45) is 5.92 Å². The molecule has 0 saturated heterocycles. The monoisotopic (exact) mass is 234 g/mol. The van der Waals surface area contributed by atoms with Crippen LogP contribution in [-0.2, 0) is 4.79 Å². The number of anilines is 1. The van der Waals surface area contributed by atoms with Crippen LogP contribution in [0.5, 0.6) is 0 Å². The quantitative estimate of drug-likeness (QED) is 0.869. The van der Waals surface area contributed by atoms with E-state index < -0.39 is 0 Å². The maximum Gasteiger partial charge on any atom is 0.253 e. The molecule has 1 rings (SSSR count). The summed E-state index contributed by atoms with van der Waals surface area (Å²) in [5.41, 5.74) is 1.32. The van der Waals surface area contributed by atoms with Gasteiger partial charge in [0.25, 0.3) is 5.91 Å². The second kappa shape index (κ2) is 5.48. The second-order valence-corrected chi connectivity index (χ2v) is 4.42. The molecule has 0 heterocycles. The normalized spacial score (nSPS) is 10.2. The minimum Gasteiger partial charge on any atom is -0.345 e. The zero-order chi connectivity index (χ0) is 13.0. The summed E-state index contributed by atoms with van der Waals surface area (Å²) in [7, 11) is 3.41. The Bertz CT molecular complexity index is 408. The lowest BCUT2D eigenvalue weighted by molar-refractivity contribution is -0.118. The summed E-state index contributed by atoms with van der Waals surface area (Å²) in [6.07, 6.45) is 0. The van der Waals surface area contributed by atoms with Crippen LogP contribution in [0.4, 0.5) is 5.69 Å². The van der Waals surface area contributed by atoms with E-state index in [1.807, 2.05) is 13.8 Å². The van der Waals surface area contributed by atoms with Crippen molar-refractivity contribution in [2.75, 3.05) is 19.4 Å². The largest absolute Gasteiger partial charge is 0.345 e. The average Bonchev–Trinajstić information content (AvgIpc) is 2.28. The number of benzene rings is 1. The van der Waals surface area contributed by atoms with Crippen LogP contribution >= 0.6 is 0 Å². The predicted octanol–water partition coefficient (Wildman–Crippen LogP) is 1.98. The minimum absolute atomic E-state index is 0.0308. The highest BCUT2D eigenvalue weighted by molar-refractivity contribution is 5.95. The Morgan fingerprint density at radius 3 is 2.06 bits per heavy atom. The molecule has 4 heteroatoms. The summed E-state index contributed by atoms with van der Waals surface area (Å²) in [5, 5.41) is 2.77. The molecule has 17 heavy (non-hydrogen) atoms. The van der Waals surface area contributed by atoms with Crippen molar-refractivity contribution in [2.45, 2.75) is 13.8 Å². The minimum atomic E-state index is -0.0573. The highest BCUT2D eigenvalue weighted by atomic mass is 16.2. The van der Waals surface area contributed by atoms with Gasteiger partial charge in [-0.2, -0.15) is 0 Å². The fourth-order valence-corrected chi connectivity index (χ4v) is 1.24. The van der Waals surface area contributed by atoms with Crippen LogP contribution in [0.3, 0.4) is 0 Å². The first-order chi connectivity index (χ1) is 7.91. The van der Waals surface area contributed by atoms with Crippen LogP contribution in [0.25, 0.3) is 0 Å². The summed E-state index contributed by atoms with van der Waals surface area (Å²) < 4.78 is 0. The maximum absolute atomic E-state index is 11.6. The number of rotatable bonds is 3. The lowest BCUT2D eigenvalue weighted by Crippen LogP contribution is -2.21. The average molecular weight is 234 g/mol. The van der Waals surface area contributed by atoms with Crippen molar-refractivity contribution in [1.29, 1.82) is 0 Å². The van der Waals surface area contributed by atoms with Crippen LogP contribution in [0.15, 0.2) is 24.3 Å². The molecule has 0 spiro atoms. The summed E-state index contributed by atoms with van der Waals surface area (Å²) in [6, 6.07) is 6.88. The summed E-state index contributed by atoms with van der Waals surface area (Å²) in [6.45, 7) is 3.67. The van der Waals surface area contributed by atoms with Crippen molar-refractivity contribution in [3.8, 4) is 0 Å². The topological polar surface area (TPSA) is 49.4 Å². The van der Waals surface area contributed by atoms with Crippen molar-refractivity contribution < 1.29 is 9.59 Å². The summed E-state index contributed by atoms with van der Waals surface area (Å²) in [4.78, 5) is 24.6. The SMILES string of the molecule is CC(C)C(=O)Nc1ccc(C(=O)N(C)C)cc1. The lowest BCUT2D eigenvalue weighted by Gasteiger charge is -2.11. The second-order valence-electron chi connectivity index (χ2n) is 4.42. The zero-order valence-corrected chi connectivity index (χ0v) is 10.7. The van der Waals surface area contributed by atoms with Crippen LogP contribution < -0.4 is 5.32 Å². The highest BCUT2D eigenvalue weighted by Gasteiger charge is 2.09. The highest BCUT2D eigenvalue weighted by Crippen LogP contribution is 2.11. The van der Waals surface area contributed by atoms with Gasteiger partial charge in [-0.25, -0.2) is 0 Å². The third kappa shape index (κ3) is 3.59. The van der Waals surface area contributed by atoms with Gasteiger partial charge in [0.05, 0.1) is 0 Å². The molecule has 1 aromatic rings. The van der Waals surface area contributed by atoms with E-state index in [1.165, 1.54) is 4.90 Å². The Morgan fingerprint density at radius 1 is 1.12 bits per heavy atom. The third-order valence-corrected chi connectivity index (χ3v) is 2.33. The standard InChI is InChI=1S/C13H18N2O2/c1-9(2)12(16)14-11-7-5-10(6-8-11)13(17)15(3)4/h5-9H,1-4H3,(H,14,16). The fourth-order valence-electron chi connectivity index (χ4n) is 1.24. The molecule has 0 aliphatic rings. The molecule has 0 unspecified atom stereocenters. The van der Waals surface area contributed by atoms with E-state index >= 15 is 0 Å². The molecule has 0 atom stereocenters. The number of nitrogens with zero attached hydrogens (tertiary/aromatic N) is 1. The van der Waals surface area contributed by atoms with E-state index in [-0.39, 0.29) is 17.7 Å².